The minimum Gasteiger partial charge on any atom is -0.468 e. The molecule has 4 rings (SSSR count). The third-order valence-corrected chi connectivity index (χ3v) is 6.20. The molecular formula is C23H23ClF2N6O3. The molecule has 0 aliphatic carbocycles. The SMILES string of the molecule is Cc1nn(Cc2c(C(=O)Nc3c(C)nn(COc4ccc(F)cc4F)c3C)noc2C)c(C)c1Cl. The number of amides is 1. The van der Waals surface area contributed by atoms with Crippen molar-refractivity contribution in [1.29, 1.82) is 0 Å². The Labute approximate surface area is 204 Å². The van der Waals surface area contributed by atoms with Crippen LogP contribution in [-0.4, -0.2) is 30.6 Å². The molecule has 0 aliphatic rings. The first kappa shape index (κ1) is 24.4. The van der Waals surface area contributed by atoms with E-state index in [1.165, 1.54) is 10.7 Å². The average molecular weight is 505 g/mol. The topological polar surface area (TPSA) is 100 Å². The monoisotopic (exact) mass is 504 g/mol. The Morgan fingerprint density at radius 2 is 1.80 bits per heavy atom. The summed E-state index contributed by atoms with van der Waals surface area (Å²) >= 11 is 6.25. The first-order valence-corrected chi connectivity index (χ1v) is 11.0. The number of hydrogen-bond donors (Lipinski definition) is 1. The van der Waals surface area contributed by atoms with Gasteiger partial charge in [0.05, 0.1) is 40.0 Å². The molecule has 3 aromatic heterocycles. The molecule has 0 spiro atoms. The fourth-order valence-electron chi connectivity index (χ4n) is 3.63. The number of carbonyl (C=O) groups excluding carboxylic acids is 1. The van der Waals surface area contributed by atoms with E-state index in [2.05, 4.69) is 20.7 Å². The number of nitrogens with one attached hydrogen (secondary N) is 1. The maximum absolute atomic E-state index is 13.9. The largest absolute Gasteiger partial charge is 0.468 e. The van der Waals surface area contributed by atoms with Gasteiger partial charge in [-0.3, -0.25) is 9.48 Å². The van der Waals surface area contributed by atoms with Crippen molar-refractivity contribution in [3.05, 3.63) is 74.6 Å². The normalized spacial score (nSPS) is 11.2. The second-order valence-electron chi connectivity index (χ2n) is 8.06. The van der Waals surface area contributed by atoms with Crippen LogP contribution >= 0.6 is 11.6 Å². The number of hydrogen-bond acceptors (Lipinski definition) is 6. The van der Waals surface area contributed by atoms with Crippen LogP contribution in [0.3, 0.4) is 0 Å². The van der Waals surface area contributed by atoms with E-state index >= 15 is 0 Å². The van der Waals surface area contributed by atoms with Crippen molar-refractivity contribution in [2.75, 3.05) is 5.32 Å². The van der Waals surface area contributed by atoms with Crippen LogP contribution in [0.1, 0.15) is 44.6 Å². The standard InChI is InChI=1S/C23H23ClF2N6O3/c1-11-20(24)13(3)31(28-11)9-17-15(5)35-30-22(17)23(33)27-21-12(2)29-32(14(21)4)10-34-19-7-6-16(25)8-18(19)26/h6-8H,9-10H2,1-5H3,(H,27,33). The summed E-state index contributed by atoms with van der Waals surface area (Å²) in [6, 6.07) is 3.03. The number of ether oxygens (including phenoxy) is 1. The van der Waals surface area contributed by atoms with Crippen molar-refractivity contribution in [3.8, 4) is 5.75 Å². The molecule has 0 fully saturated rings. The molecule has 35 heavy (non-hydrogen) atoms. The molecule has 1 aromatic carbocycles. The van der Waals surface area contributed by atoms with E-state index in [9.17, 15) is 13.6 Å². The van der Waals surface area contributed by atoms with E-state index < -0.39 is 17.5 Å². The van der Waals surface area contributed by atoms with Crippen molar-refractivity contribution in [1.82, 2.24) is 24.7 Å². The fraction of sp³-hybridized carbons (Fsp3) is 0.304. The molecule has 0 unspecified atom stereocenters. The number of aryl methyl sites for hydroxylation is 3. The van der Waals surface area contributed by atoms with Crippen LogP contribution < -0.4 is 10.1 Å². The van der Waals surface area contributed by atoms with Crippen LogP contribution in [0.25, 0.3) is 0 Å². The highest BCUT2D eigenvalue weighted by molar-refractivity contribution is 6.31. The third kappa shape index (κ3) is 4.76. The fourth-order valence-corrected chi connectivity index (χ4v) is 3.77. The van der Waals surface area contributed by atoms with Gasteiger partial charge in [0.25, 0.3) is 5.91 Å². The highest BCUT2D eigenvalue weighted by Gasteiger charge is 2.24. The molecule has 0 atom stereocenters. The number of anilines is 1. The summed E-state index contributed by atoms with van der Waals surface area (Å²) in [5, 5.41) is 16.1. The minimum absolute atomic E-state index is 0.113. The minimum atomic E-state index is -0.821. The number of benzene rings is 1. The van der Waals surface area contributed by atoms with Gasteiger partial charge in [-0.05, 0) is 46.8 Å². The number of aromatic nitrogens is 5. The average Bonchev–Trinajstić information content (AvgIpc) is 3.38. The van der Waals surface area contributed by atoms with Crippen molar-refractivity contribution in [2.45, 2.75) is 47.9 Å². The molecule has 9 nitrogen and oxygen atoms in total. The zero-order valence-electron chi connectivity index (χ0n) is 19.7. The molecule has 1 amide bonds. The van der Waals surface area contributed by atoms with E-state index in [0.717, 1.165) is 17.8 Å². The summed E-state index contributed by atoms with van der Waals surface area (Å²) in [5.74, 6) is -1.64. The van der Waals surface area contributed by atoms with Gasteiger partial charge in [-0.1, -0.05) is 16.8 Å². The van der Waals surface area contributed by atoms with Gasteiger partial charge in [0, 0.05) is 11.6 Å². The number of nitrogens with zero attached hydrogens (tertiary/aromatic N) is 5. The lowest BCUT2D eigenvalue weighted by Gasteiger charge is -2.10. The van der Waals surface area contributed by atoms with Crippen molar-refractivity contribution >= 4 is 23.2 Å². The lowest BCUT2D eigenvalue weighted by Crippen LogP contribution is -2.17. The quantitative estimate of drug-likeness (QED) is 0.385. The van der Waals surface area contributed by atoms with Gasteiger partial charge in [-0.15, -0.1) is 0 Å². The summed E-state index contributed by atoms with van der Waals surface area (Å²) in [6.45, 7) is 8.91. The van der Waals surface area contributed by atoms with Crippen LogP contribution in [-0.2, 0) is 13.3 Å². The third-order valence-electron chi connectivity index (χ3n) is 5.66. The highest BCUT2D eigenvalue weighted by atomic mass is 35.5. The molecular weight excluding hydrogens is 482 g/mol. The molecule has 4 aromatic rings. The van der Waals surface area contributed by atoms with Crippen LogP contribution in [0.2, 0.25) is 5.02 Å². The Balaban J connectivity index is 1.53. The van der Waals surface area contributed by atoms with Gasteiger partial charge in [0.2, 0.25) is 0 Å². The zero-order chi connectivity index (χ0) is 25.4. The van der Waals surface area contributed by atoms with Gasteiger partial charge < -0.3 is 14.6 Å². The first-order chi connectivity index (χ1) is 16.6. The molecule has 0 bridgehead atoms. The Hall–Kier alpha value is -3.73. The van der Waals surface area contributed by atoms with Gasteiger partial charge in [0.15, 0.2) is 24.0 Å². The molecule has 3 heterocycles. The Morgan fingerprint density at radius 3 is 2.46 bits per heavy atom. The smallest absolute Gasteiger partial charge is 0.278 e. The Morgan fingerprint density at radius 1 is 1.09 bits per heavy atom. The van der Waals surface area contributed by atoms with Crippen LogP contribution in [0, 0.1) is 46.3 Å². The van der Waals surface area contributed by atoms with Gasteiger partial charge in [-0.2, -0.15) is 10.2 Å². The summed E-state index contributed by atoms with van der Waals surface area (Å²) < 4.78 is 40.8. The van der Waals surface area contributed by atoms with Crippen molar-refractivity contribution in [2.24, 2.45) is 0 Å². The highest BCUT2D eigenvalue weighted by Crippen LogP contribution is 2.25. The van der Waals surface area contributed by atoms with Gasteiger partial charge in [-0.25, -0.2) is 13.5 Å². The van der Waals surface area contributed by atoms with E-state index in [4.69, 9.17) is 20.9 Å². The maximum Gasteiger partial charge on any atom is 0.278 e. The molecule has 0 aliphatic heterocycles. The lowest BCUT2D eigenvalue weighted by molar-refractivity contribution is 0.101. The summed E-state index contributed by atoms with van der Waals surface area (Å²) in [6.07, 6.45) is 0. The Kier molecular flexibility index (Phi) is 6.62. The molecule has 12 heteroatoms. The van der Waals surface area contributed by atoms with Crippen LogP contribution in [0.5, 0.6) is 5.75 Å². The summed E-state index contributed by atoms with van der Waals surface area (Å²) in [4.78, 5) is 13.1. The molecule has 0 saturated heterocycles. The maximum atomic E-state index is 13.9. The van der Waals surface area contributed by atoms with E-state index in [-0.39, 0.29) is 24.7 Å². The molecule has 0 saturated carbocycles. The second kappa shape index (κ2) is 9.49. The van der Waals surface area contributed by atoms with Gasteiger partial charge >= 0.3 is 0 Å². The predicted molar refractivity (Wildman–Crippen MR) is 124 cm³/mol. The zero-order valence-corrected chi connectivity index (χ0v) is 20.5. The van der Waals surface area contributed by atoms with Gasteiger partial charge in [0.1, 0.15) is 11.6 Å². The number of carbonyl (C=O) groups is 1. The van der Waals surface area contributed by atoms with E-state index in [0.29, 0.717) is 39.1 Å². The second-order valence-corrected chi connectivity index (χ2v) is 8.43. The van der Waals surface area contributed by atoms with Crippen molar-refractivity contribution < 1.29 is 22.8 Å². The number of halogens is 3. The molecule has 0 radical (unpaired) electrons. The molecule has 1 N–H and O–H groups in total. The van der Waals surface area contributed by atoms with Crippen molar-refractivity contribution in [3.63, 3.8) is 0 Å². The summed E-state index contributed by atoms with van der Waals surface area (Å²) in [7, 11) is 0. The Bertz CT molecular complexity index is 1430. The first-order valence-electron chi connectivity index (χ1n) is 10.6. The molecule has 184 valence electrons. The van der Waals surface area contributed by atoms with Crippen LogP contribution in [0.4, 0.5) is 14.5 Å². The summed E-state index contributed by atoms with van der Waals surface area (Å²) in [5.41, 5.74) is 3.69. The van der Waals surface area contributed by atoms with Crippen LogP contribution in [0.15, 0.2) is 22.7 Å². The van der Waals surface area contributed by atoms with E-state index in [1.807, 2.05) is 6.92 Å². The van der Waals surface area contributed by atoms with E-state index in [1.54, 1.807) is 32.4 Å². The lowest BCUT2D eigenvalue weighted by atomic mass is 10.1. The number of rotatable bonds is 7. The predicted octanol–water partition coefficient (Wildman–Crippen LogP) is 4.88.